The Hall–Kier alpha value is -1.27. The molecule has 0 saturated heterocycles. The highest BCUT2D eigenvalue weighted by Gasteiger charge is 2.01. The number of nitrogens with two attached hydrogens (primary N) is 1. The number of rotatable bonds is 5. The minimum Gasteiger partial charge on any atom is -0.497 e. The van der Waals surface area contributed by atoms with Crippen LogP contribution >= 0.6 is 0 Å². The van der Waals surface area contributed by atoms with Gasteiger partial charge in [-0.25, -0.2) is 13.6 Å². The Morgan fingerprint density at radius 2 is 2.20 bits per heavy atom. The summed E-state index contributed by atoms with van der Waals surface area (Å²) in [6.07, 6.45) is 0. The number of nitrogens with one attached hydrogen (secondary N) is 1. The molecule has 3 N–H and O–H groups in total. The summed E-state index contributed by atoms with van der Waals surface area (Å²) in [5.74, 6) is 0.625. The van der Waals surface area contributed by atoms with Gasteiger partial charge in [-0.15, -0.1) is 0 Å². The Bertz CT molecular complexity index is 417. The van der Waals surface area contributed by atoms with Crippen molar-refractivity contribution in [1.82, 2.24) is 0 Å². The highest BCUT2D eigenvalue weighted by atomic mass is 32.2. The summed E-state index contributed by atoms with van der Waals surface area (Å²) in [7, 11) is -1.83. The lowest BCUT2D eigenvalue weighted by atomic mass is 10.3. The van der Waals surface area contributed by atoms with Gasteiger partial charge >= 0.3 is 0 Å². The fourth-order valence-electron chi connectivity index (χ4n) is 1.07. The Morgan fingerprint density at radius 1 is 1.47 bits per heavy atom. The predicted molar refractivity (Wildman–Crippen MR) is 59.5 cm³/mol. The van der Waals surface area contributed by atoms with E-state index < -0.39 is 10.0 Å². The molecule has 6 heteroatoms. The zero-order valence-electron chi connectivity index (χ0n) is 8.43. The number of ether oxygens (including phenoxy) is 1. The van der Waals surface area contributed by atoms with E-state index in [0.29, 0.717) is 0 Å². The number of sulfonamides is 1. The molecule has 1 rings (SSSR count). The molecule has 0 spiro atoms. The molecule has 5 nitrogen and oxygen atoms in total. The van der Waals surface area contributed by atoms with Crippen molar-refractivity contribution < 1.29 is 13.2 Å². The van der Waals surface area contributed by atoms with Crippen molar-refractivity contribution in [1.29, 1.82) is 0 Å². The van der Waals surface area contributed by atoms with Crippen LogP contribution in [-0.2, 0) is 10.0 Å². The molecule has 0 aromatic heterocycles. The van der Waals surface area contributed by atoms with Crippen LogP contribution in [-0.4, -0.2) is 27.8 Å². The van der Waals surface area contributed by atoms with Crippen molar-refractivity contribution in [2.45, 2.75) is 0 Å². The summed E-state index contributed by atoms with van der Waals surface area (Å²) in [6.45, 7) is 0.284. The van der Waals surface area contributed by atoms with Gasteiger partial charge < -0.3 is 10.1 Å². The molecule has 0 atom stereocenters. The Balaban J connectivity index is 2.51. The second-order valence-corrected chi connectivity index (χ2v) is 4.76. The first-order chi connectivity index (χ1) is 7.01. The topological polar surface area (TPSA) is 81.4 Å². The van der Waals surface area contributed by atoms with Crippen LogP contribution in [0.1, 0.15) is 0 Å². The van der Waals surface area contributed by atoms with E-state index >= 15 is 0 Å². The third kappa shape index (κ3) is 4.66. The maximum absolute atomic E-state index is 10.7. The number of hydrogen-bond acceptors (Lipinski definition) is 4. The quantitative estimate of drug-likeness (QED) is 0.767. The van der Waals surface area contributed by atoms with Gasteiger partial charge in [0.25, 0.3) is 0 Å². The molecule has 0 aliphatic carbocycles. The van der Waals surface area contributed by atoms with Crippen LogP contribution in [0.15, 0.2) is 24.3 Å². The SMILES string of the molecule is COc1cccc(NCCS(N)(=O)=O)c1. The molecule has 0 bridgehead atoms. The van der Waals surface area contributed by atoms with Gasteiger partial charge in [-0.2, -0.15) is 0 Å². The van der Waals surface area contributed by atoms with E-state index in [1.54, 1.807) is 13.2 Å². The average Bonchev–Trinajstić information content (AvgIpc) is 2.16. The van der Waals surface area contributed by atoms with E-state index in [0.717, 1.165) is 11.4 Å². The second kappa shape index (κ2) is 4.99. The molecule has 0 aliphatic rings. The molecular weight excluding hydrogens is 216 g/mol. The molecule has 0 heterocycles. The Morgan fingerprint density at radius 3 is 2.80 bits per heavy atom. The lowest BCUT2D eigenvalue weighted by molar-refractivity contribution is 0.415. The number of anilines is 1. The van der Waals surface area contributed by atoms with Gasteiger partial charge in [-0.3, -0.25) is 0 Å². The third-order valence-corrected chi connectivity index (χ3v) is 2.56. The first-order valence-corrected chi connectivity index (χ1v) is 6.11. The minimum absolute atomic E-state index is 0.0930. The maximum Gasteiger partial charge on any atom is 0.210 e. The summed E-state index contributed by atoms with van der Waals surface area (Å²) in [5, 5.41) is 7.80. The molecule has 0 saturated carbocycles. The van der Waals surface area contributed by atoms with Gasteiger partial charge in [0.1, 0.15) is 5.75 Å². The van der Waals surface area contributed by atoms with Gasteiger partial charge in [0.2, 0.25) is 10.0 Å². The normalized spacial score (nSPS) is 11.1. The van der Waals surface area contributed by atoms with Crippen LogP contribution < -0.4 is 15.2 Å². The molecular formula is C9H14N2O3S. The lowest BCUT2D eigenvalue weighted by Gasteiger charge is -2.06. The van der Waals surface area contributed by atoms with E-state index in [9.17, 15) is 8.42 Å². The first kappa shape index (κ1) is 11.8. The van der Waals surface area contributed by atoms with Crippen molar-refractivity contribution in [3.8, 4) is 5.75 Å². The zero-order chi connectivity index (χ0) is 11.3. The van der Waals surface area contributed by atoms with E-state index in [-0.39, 0.29) is 12.3 Å². The molecule has 0 aliphatic heterocycles. The second-order valence-electron chi connectivity index (χ2n) is 3.03. The summed E-state index contributed by atoms with van der Waals surface area (Å²) >= 11 is 0. The maximum atomic E-state index is 10.7. The lowest BCUT2D eigenvalue weighted by Crippen LogP contribution is -2.22. The standard InChI is InChI=1S/C9H14N2O3S/c1-14-9-4-2-3-8(7-9)11-5-6-15(10,12)13/h2-4,7,11H,5-6H2,1H3,(H2,10,12,13). The fourth-order valence-corrected chi connectivity index (χ4v) is 1.46. The molecule has 0 unspecified atom stereocenters. The van der Waals surface area contributed by atoms with Crippen LogP contribution in [0, 0.1) is 0 Å². The molecule has 1 aromatic rings. The number of methoxy groups -OCH3 is 1. The molecule has 1 aromatic carbocycles. The first-order valence-electron chi connectivity index (χ1n) is 4.40. The highest BCUT2D eigenvalue weighted by molar-refractivity contribution is 7.89. The number of primary sulfonamides is 1. The Labute approximate surface area is 89.3 Å². The Kier molecular flexibility index (Phi) is 3.93. The van der Waals surface area contributed by atoms with Crippen LogP contribution in [0.5, 0.6) is 5.75 Å². The van der Waals surface area contributed by atoms with Crippen LogP contribution in [0.25, 0.3) is 0 Å². The number of benzene rings is 1. The smallest absolute Gasteiger partial charge is 0.210 e. The van der Waals surface area contributed by atoms with E-state index in [1.807, 2.05) is 18.2 Å². The van der Waals surface area contributed by atoms with E-state index in [1.165, 1.54) is 0 Å². The van der Waals surface area contributed by atoms with Crippen molar-refractivity contribution >= 4 is 15.7 Å². The largest absolute Gasteiger partial charge is 0.497 e. The van der Waals surface area contributed by atoms with Gasteiger partial charge in [0.15, 0.2) is 0 Å². The third-order valence-electron chi connectivity index (χ3n) is 1.79. The number of hydrogen-bond donors (Lipinski definition) is 2. The molecule has 0 amide bonds. The van der Waals surface area contributed by atoms with Crippen LogP contribution in [0.4, 0.5) is 5.69 Å². The summed E-state index contributed by atoms with van der Waals surface area (Å²) in [6, 6.07) is 7.23. The van der Waals surface area contributed by atoms with Gasteiger partial charge in [0.05, 0.1) is 12.9 Å². The summed E-state index contributed by atoms with van der Waals surface area (Å²) < 4.78 is 26.3. The van der Waals surface area contributed by atoms with Crippen molar-refractivity contribution in [3.05, 3.63) is 24.3 Å². The summed E-state index contributed by atoms with van der Waals surface area (Å²) in [4.78, 5) is 0. The van der Waals surface area contributed by atoms with Gasteiger partial charge in [-0.1, -0.05) is 6.07 Å². The highest BCUT2D eigenvalue weighted by Crippen LogP contribution is 2.16. The monoisotopic (exact) mass is 230 g/mol. The molecule has 0 radical (unpaired) electrons. The molecule has 84 valence electrons. The van der Waals surface area contributed by atoms with Crippen molar-refractivity contribution in [2.24, 2.45) is 5.14 Å². The van der Waals surface area contributed by atoms with Gasteiger partial charge in [-0.05, 0) is 12.1 Å². The van der Waals surface area contributed by atoms with Crippen molar-refractivity contribution in [2.75, 3.05) is 24.7 Å². The average molecular weight is 230 g/mol. The van der Waals surface area contributed by atoms with E-state index in [4.69, 9.17) is 9.88 Å². The predicted octanol–water partition coefficient (Wildman–Crippen LogP) is 0.396. The zero-order valence-corrected chi connectivity index (χ0v) is 9.25. The van der Waals surface area contributed by atoms with E-state index in [2.05, 4.69) is 5.32 Å². The van der Waals surface area contributed by atoms with Crippen LogP contribution in [0.3, 0.4) is 0 Å². The van der Waals surface area contributed by atoms with Crippen molar-refractivity contribution in [3.63, 3.8) is 0 Å². The fraction of sp³-hybridized carbons (Fsp3) is 0.333. The summed E-state index contributed by atoms with van der Waals surface area (Å²) in [5.41, 5.74) is 0.804. The van der Waals surface area contributed by atoms with Crippen LogP contribution in [0.2, 0.25) is 0 Å². The molecule has 0 fully saturated rings. The minimum atomic E-state index is -3.40. The van der Waals surface area contributed by atoms with Gasteiger partial charge in [0, 0.05) is 18.3 Å². The molecule has 15 heavy (non-hydrogen) atoms.